The van der Waals surface area contributed by atoms with Crippen molar-refractivity contribution in [1.29, 1.82) is 0 Å². The molecule has 0 aromatic carbocycles. The van der Waals surface area contributed by atoms with E-state index < -0.39 is 0 Å². The van der Waals surface area contributed by atoms with Gasteiger partial charge in [-0.3, -0.25) is 4.90 Å². The summed E-state index contributed by atoms with van der Waals surface area (Å²) in [5, 5.41) is 8.77. The van der Waals surface area contributed by atoms with Crippen LogP contribution in [0.4, 0.5) is 5.00 Å². The van der Waals surface area contributed by atoms with Gasteiger partial charge in [-0.05, 0) is 13.5 Å². The fourth-order valence-electron chi connectivity index (χ4n) is 1.90. The van der Waals surface area contributed by atoms with Crippen molar-refractivity contribution >= 4 is 16.5 Å². The third-order valence-electron chi connectivity index (χ3n) is 3.06. The smallest absolute Gasteiger partial charge is 0.134 e. The van der Waals surface area contributed by atoms with Gasteiger partial charge in [0.2, 0.25) is 0 Å². The largest absolute Gasteiger partial charge is 0.374 e. The minimum Gasteiger partial charge on any atom is -0.374 e. The summed E-state index contributed by atoms with van der Waals surface area (Å²) < 4.78 is 4.05. The second-order valence-electron chi connectivity index (χ2n) is 4.55. The lowest BCUT2D eigenvalue weighted by atomic mass is 10.3. The van der Waals surface area contributed by atoms with Gasteiger partial charge in [0.05, 0.1) is 0 Å². The minimum atomic E-state index is 0.927. The van der Waals surface area contributed by atoms with Crippen LogP contribution in [0.2, 0.25) is 0 Å². The van der Waals surface area contributed by atoms with Gasteiger partial charge in [0.25, 0.3) is 0 Å². The van der Waals surface area contributed by atoms with Crippen LogP contribution in [0.15, 0.2) is 0 Å². The van der Waals surface area contributed by atoms with Gasteiger partial charge in [0, 0.05) is 50.8 Å². The molecule has 17 heavy (non-hydrogen) atoms. The molecule has 0 atom stereocenters. The van der Waals surface area contributed by atoms with Crippen molar-refractivity contribution in [2.45, 2.75) is 19.9 Å². The van der Waals surface area contributed by atoms with E-state index in [0.29, 0.717) is 0 Å². The van der Waals surface area contributed by atoms with Gasteiger partial charge in [0.1, 0.15) is 10.7 Å². The van der Waals surface area contributed by atoms with Crippen molar-refractivity contribution in [3.8, 4) is 0 Å². The average Bonchev–Trinajstić information content (AvgIpc) is 2.77. The number of anilines is 1. The molecule has 0 saturated carbocycles. The summed E-state index contributed by atoms with van der Waals surface area (Å²) in [5.41, 5.74) is 1.10. The fourth-order valence-corrected chi connectivity index (χ4v) is 2.50. The van der Waals surface area contributed by atoms with Crippen molar-refractivity contribution in [2.75, 3.05) is 45.1 Å². The van der Waals surface area contributed by atoms with Crippen LogP contribution >= 0.6 is 11.5 Å². The summed E-state index contributed by atoms with van der Waals surface area (Å²) in [6.07, 6.45) is 1.13. The van der Waals surface area contributed by atoms with Crippen LogP contribution in [-0.2, 0) is 6.54 Å². The number of rotatable bonds is 5. The topological polar surface area (TPSA) is 44.3 Å². The minimum absolute atomic E-state index is 0.927. The van der Waals surface area contributed by atoms with Crippen molar-refractivity contribution in [1.82, 2.24) is 19.4 Å². The first-order chi connectivity index (χ1) is 8.29. The molecule has 1 aromatic heterocycles. The SMILES string of the molecule is CCCNc1snnc1CN1CCN(C)CC1. The predicted molar refractivity (Wildman–Crippen MR) is 71.5 cm³/mol. The van der Waals surface area contributed by atoms with E-state index in [-0.39, 0.29) is 0 Å². The Bertz CT molecular complexity index is 332. The zero-order valence-corrected chi connectivity index (χ0v) is 11.5. The van der Waals surface area contributed by atoms with E-state index in [9.17, 15) is 0 Å². The van der Waals surface area contributed by atoms with Crippen LogP contribution in [0.25, 0.3) is 0 Å². The highest BCUT2D eigenvalue weighted by Crippen LogP contribution is 2.19. The molecule has 2 heterocycles. The average molecular weight is 255 g/mol. The Morgan fingerprint density at radius 1 is 1.29 bits per heavy atom. The first-order valence-electron chi connectivity index (χ1n) is 6.25. The van der Waals surface area contributed by atoms with Gasteiger partial charge in [-0.25, -0.2) is 0 Å². The van der Waals surface area contributed by atoms with Crippen LogP contribution in [0.1, 0.15) is 19.0 Å². The van der Waals surface area contributed by atoms with E-state index in [1.807, 2.05) is 0 Å². The van der Waals surface area contributed by atoms with E-state index in [4.69, 9.17) is 0 Å². The lowest BCUT2D eigenvalue weighted by Gasteiger charge is -2.31. The first kappa shape index (κ1) is 12.7. The second-order valence-corrected chi connectivity index (χ2v) is 5.31. The maximum atomic E-state index is 4.23. The molecule has 1 saturated heterocycles. The van der Waals surface area contributed by atoms with Crippen molar-refractivity contribution < 1.29 is 0 Å². The number of nitrogens with one attached hydrogen (secondary N) is 1. The normalized spacial score (nSPS) is 18.5. The van der Waals surface area contributed by atoms with Gasteiger partial charge in [-0.1, -0.05) is 11.4 Å². The van der Waals surface area contributed by atoms with Crippen LogP contribution in [-0.4, -0.2) is 59.2 Å². The van der Waals surface area contributed by atoms with Crippen molar-refractivity contribution in [3.63, 3.8) is 0 Å². The standard InChI is InChI=1S/C11H21N5S/c1-3-4-12-11-10(13-14-17-11)9-16-7-5-15(2)6-8-16/h12H,3-9H2,1-2H3. The number of aromatic nitrogens is 2. The van der Waals surface area contributed by atoms with E-state index in [2.05, 4.69) is 38.7 Å². The summed E-state index contributed by atoms with van der Waals surface area (Å²) in [5.74, 6) is 0. The zero-order chi connectivity index (χ0) is 12.1. The number of likely N-dealkylation sites (N-methyl/N-ethyl adjacent to an activating group) is 1. The number of nitrogens with zero attached hydrogens (tertiary/aromatic N) is 4. The number of hydrogen-bond acceptors (Lipinski definition) is 6. The highest BCUT2D eigenvalue weighted by Gasteiger charge is 2.17. The first-order valence-corrected chi connectivity index (χ1v) is 7.03. The monoisotopic (exact) mass is 255 g/mol. The Morgan fingerprint density at radius 3 is 2.76 bits per heavy atom. The molecule has 6 heteroatoms. The van der Waals surface area contributed by atoms with E-state index in [1.165, 1.54) is 11.5 Å². The molecule has 0 unspecified atom stereocenters. The molecule has 1 aliphatic rings. The molecular formula is C11H21N5S. The molecule has 96 valence electrons. The van der Waals surface area contributed by atoms with Crippen LogP contribution in [0.5, 0.6) is 0 Å². The van der Waals surface area contributed by atoms with E-state index in [0.717, 1.165) is 56.4 Å². The maximum Gasteiger partial charge on any atom is 0.134 e. The van der Waals surface area contributed by atoms with E-state index in [1.54, 1.807) is 0 Å². The molecule has 0 radical (unpaired) electrons. The molecule has 1 N–H and O–H groups in total. The molecule has 2 rings (SSSR count). The Hall–Kier alpha value is -0.720. The zero-order valence-electron chi connectivity index (χ0n) is 10.6. The lowest BCUT2D eigenvalue weighted by molar-refractivity contribution is 0.147. The summed E-state index contributed by atoms with van der Waals surface area (Å²) >= 11 is 1.47. The van der Waals surface area contributed by atoms with Crippen molar-refractivity contribution in [3.05, 3.63) is 5.69 Å². The summed E-state index contributed by atoms with van der Waals surface area (Å²) in [7, 11) is 2.18. The number of piperazine rings is 1. The molecule has 0 spiro atoms. The lowest BCUT2D eigenvalue weighted by Crippen LogP contribution is -2.44. The molecule has 1 fully saturated rings. The third-order valence-corrected chi connectivity index (χ3v) is 3.79. The second kappa shape index (κ2) is 6.28. The highest BCUT2D eigenvalue weighted by molar-refractivity contribution is 7.10. The Morgan fingerprint density at radius 2 is 2.06 bits per heavy atom. The Labute approximate surface area is 107 Å². The summed E-state index contributed by atoms with van der Waals surface area (Å²) in [6.45, 7) is 8.64. The molecule has 5 nitrogen and oxygen atoms in total. The fraction of sp³-hybridized carbons (Fsp3) is 0.818. The van der Waals surface area contributed by atoms with Gasteiger partial charge >= 0.3 is 0 Å². The summed E-state index contributed by atoms with van der Waals surface area (Å²) in [6, 6.07) is 0. The number of hydrogen-bond donors (Lipinski definition) is 1. The molecule has 0 aliphatic carbocycles. The van der Waals surface area contributed by atoms with Gasteiger partial charge in [0.15, 0.2) is 0 Å². The Kier molecular flexibility index (Phi) is 4.70. The molecule has 0 amide bonds. The molecule has 1 aliphatic heterocycles. The molecular weight excluding hydrogens is 234 g/mol. The quantitative estimate of drug-likeness (QED) is 0.854. The van der Waals surface area contributed by atoms with Crippen LogP contribution < -0.4 is 5.32 Å². The maximum absolute atomic E-state index is 4.23. The van der Waals surface area contributed by atoms with Crippen LogP contribution in [0.3, 0.4) is 0 Å². The van der Waals surface area contributed by atoms with E-state index >= 15 is 0 Å². The molecule has 0 bridgehead atoms. The summed E-state index contributed by atoms with van der Waals surface area (Å²) in [4.78, 5) is 4.82. The van der Waals surface area contributed by atoms with Crippen LogP contribution in [0, 0.1) is 0 Å². The Balaban J connectivity index is 1.87. The highest BCUT2D eigenvalue weighted by atomic mass is 32.1. The molecule has 1 aromatic rings. The van der Waals surface area contributed by atoms with Crippen molar-refractivity contribution in [2.24, 2.45) is 0 Å². The van der Waals surface area contributed by atoms with Gasteiger partial charge in [-0.15, -0.1) is 5.10 Å². The van der Waals surface area contributed by atoms with Gasteiger partial charge < -0.3 is 10.2 Å². The predicted octanol–water partition coefficient (Wildman–Crippen LogP) is 1.11. The third kappa shape index (κ3) is 3.62. The van der Waals surface area contributed by atoms with Gasteiger partial charge in [-0.2, -0.15) is 0 Å².